The molecule has 0 aliphatic heterocycles. The van der Waals surface area contributed by atoms with Crippen LogP contribution in [-0.2, 0) is 6.54 Å². The van der Waals surface area contributed by atoms with Gasteiger partial charge < -0.3 is 11.1 Å². The zero-order chi connectivity index (χ0) is 9.84. The number of aromatic nitrogens is 2. The number of nitrogen functional groups attached to an aromatic ring is 1. The summed E-state index contributed by atoms with van der Waals surface area (Å²) in [4.78, 5) is 0. The summed E-state index contributed by atoms with van der Waals surface area (Å²) in [5.74, 6) is 0.942. The molecule has 74 valence electrons. The minimum atomic E-state index is 0.384. The summed E-state index contributed by atoms with van der Waals surface area (Å²) in [5, 5.41) is 7.47. The average Bonchev–Trinajstić information content (AvgIpc) is 2.36. The van der Waals surface area contributed by atoms with Gasteiger partial charge in [0.05, 0.1) is 11.9 Å². The van der Waals surface area contributed by atoms with Crippen LogP contribution in [0.2, 0.25) is 0 Å². The predicted molar refractivity (Wildman–Crippen MR) is 55.7 cm³/mol. The Bertz CT molecular complexity index is 265. The molecule has 0 bridgehead atoms. The van der Waals surface area contributed by atoms with Crippen LogP contribution in [0.4, 0.5) is 11.5 Å². The van der Waals surface area contributed by atoms with Gasteiger partial charge in [-0.25, -0.2) is 4.68 Å². The Morgan fingerprint density at radius 3 is 2.85 bits per heavy atom. The first-order valence-electron chi connectivity index (χ1n) is 4.73. The Morgan fingerprint density at radius 1 is 1.62 bits per heavy atom. The van der Waals surface area contributed by atoms with Crippen molar-refractivity contribution < 1.29 is 0 Å². The van der Waals surface area contributed by atoms with Gasteiger partial charge in [-0.3, -0.25) is 0 Å². The fourth-order valence-electron chi connectivity index (χ4n) is 1.21. The van der Waals surface area contributed by atoms with Crippen LogP contribution in [0, 0.1) is 0 Å². The lowest BCUT2D eigenvalue weighted by molar-refractivity contribution is 0.604. The van der Waals surface area contributed by atoms with Crippen molar-refractivity contribution in [2.45, 2.75) is 39.8 Å². The highest BCUT2D eigenvalue weighted by molar-refractivity contribution is 5.60. The molecule has 0 saturated carbocycles. The lowest BCUT2D eigenvalue weighted by Crippen LogP contribution is -2.15. The molecule has 1 rings (SSSR count). The highest BCUT2D eigenvalue weighted by atomic mass is 15.3. The minimum Gasteiger partial charge on any atom is -0.394 e. The van der Waals surface area contributed by atoms with E-state index in [-0.39, 0.29) is 0 Å². The van der Waals surface area contributed by atoms with Gasteiger partial charge in [0.1, 0.15) is 5.82 Å². The molecule has 3 N–H and O–H groups in total. The molecule has 4 nitrogen and oxygen atoms in total. The molecule has 1 heterocycles. The first-order valence-corrected chi connectivity index (χ1v) is 4.73. The molecule has 0 atom stereocenters. The van der Waals surface area contributed by atoms with E-state index in [0.717, 1.165) is 24.5 Å². The van der Waals surface area contributed by atoms with Crippen LogP contribution < -0.4 is 11.1 Å². The van der Waals surface area contributed by atoms with E-state index in [0.29, 0.717) is 6.04 Å². The van der Waals surface area contributed by atoms with Gasteiger partial charge in [-0.2, -0.15) is 5.10 Å². The topological polar surface area (TPSA) is 55.9 Å². The van der Waals surface area contributed by atoms with Gasteiger partial charge in [-0.1, -0.05) is 6.92 Å². The Labute approximate surface area is 79.1 Å². The van der Waals surface area contributed by atoms with Gasteiger partial charge in [-0.15, -0.1) is 0 Å². The highest BCUT2D eigenvalue weighted by Gasteiger charge is 2.07. The standard InChI is InChI=1S/C9H18N4/c1-4-5-13-9(12-7(2)3)8(10)6-11-13/h6-7,12H,4-5,10H2,1-3H3. The molecule has 0 spiro atoms. The first kappa shape index (κ1) is 9.89. The molecule has 0 unspecified atom stereocenters. The predicted octanol–water partition coefficient (Wildman–Crippen LogP) is 1.70. The summed E-state index contributed by atoms with van der Waals surface area (Å²) in [6.07, 6.45) is 2.76. The molecule has 0 aliphatic rings. The first-order chi connectivity index (χ1) is 6.15. The van der Waals surface area contributed by atoms with Crippen LogP contribution in [0.5, 0.6) is 0 Å². The van der Waals surface area contributed by atoms with Crippen molar-refractivity contribution in [3.05, 3.63) is 6.20 Å². The maximum Gasteiger partial charge on any atom is 0.147 e. The maximum absolute atomic E-state index is 5.77. The van der Waals surface area contributed by atoms with Gasteiger partial charge in [0.15, 0.2) is 0 Å². The van der Waals surface area contributed by atoms with Gasteiger partial charge >= 0.3 is 0 Å². The Kier molecular flexibility index (Phi) is 3.17. The SMILES string of the molecule is CCCn1ncc(N)c1NC(C)C. The van der Waals surface area contributed by atoms with E-state index in [9.17, 15) is 0 Å². The lowest BCUT2D eigenvalue weighted by atomic mass is 10.4. The van der Waals surface area contributed by atoms with Crippen molar-refractivity contribution in [1.82, 2.24) is 9.78 Å². The van der Waals surface area contributed by atoms with Gasteiger partial charge in [0.2, 0.25) is 0 Å². The molecule has 0 aliphatic carbocycles. The van der Waals surface area contributed by atoms with Crippen LogP contribution >= 0.6 is 0 Å². The third kappa shape index (κ3) is 2.37. The fourth-order valence-corrected chi connectivity index (χ4v) is 1.21. The van der Waals surface area contributed by atoms with E-state index < -0.39 is 0 Å². The number of nitrogens with two attached hydrogens (primary N) is 1. The zero-order valence-corrected chi connectivity index (χ0v) is 8.54. The molecule has 1 aromatic heterocycles. The van der Waals surface area contributed by atoms with Crippen molar-refractivity contribution >= 4 is 11.5 Å². The summed E-state index contributed by atoms with van der Waals surface area (Å²) in [6, 6.07) is 0.384. The van der Waals surface area contributed by atoms with Crippen LogP contribution in [0.15, 0.2) is 6.20 Å². The van der Waals surface area contributed by atoms with Gasteiger partial charge in [-0.05, 0) is 20.3 Å². The Balaban J connectivity index is 2.81. The fraction of sp³-hybridized carbons (Fsp3) is 0.667. The van der Waals surface area contributed by atoms with E-state index >= 15 is 0 Å². The normalized spacial score (nSPS) is 10.8. The largest absolute Gasteiger partial charge is 0.394 e. The van der Waals surface area contributed by atoms with Crippen LogP contribution in [0.1, 0.15) is 27.2 Å². The summed E-state index contributed by atoms with van der Waals surface area (Å²) in [5.41, 5.74) is 6.50. The third-order valence-corrected chi connectivity index (χ3v) is 1.73. The molecule has 0 fully saturated rings. The van der Waals surface area contributed by atoms with Crippen LogP contribution in [0.3, 0.4) is 0 Å². The van der Waals surface area contributed by atoms with Crippen molar-refractivity contribution in [2.24, 2.45) is 0 Å². The van der Waals surface area contributed by atoms with Gasteiger partial charge in [0, 0.05) is 12.6 Å². The summed E-state index contributed by atoms with van der Waals surface area (Å²) < 4.78 is 1.91. The number of nitrogens with one attached hydrogen (secondary N) is 1. The van der Waals surface area contributed by atoms with E-state index in [2.05, 4.69) is 31.2 Å². The number of anilines is 2. The molecule has 0 saturated heterocycles. The molecule has 0 amide bonds. The van der Waals surface area contributed by atoms with Crippen molar-refractivity contribution in [3.63, 3.8) is 0 Å². The molecular formula is C9H18N4. The monoisotopic (exact) mass is 182 g/mol. The molecule has 13 heavy (non-hydrogen) atoms. The third-order valence-electron chi connectivity index (χ3n) is 1.73. The van der Waals surface area contributed by atoms with Crippen molar-refractivity contribution in [1.29, 1.82) is 0 Å². The van der Waals surface area contributed by atoms with Crippen LogP contribution in [0.25, 0.3) is 0 Å². The second kappa shape index (κ2) is 4.16. The van der Waals surface area contributed by atoms with Crippen LogP contribution in [-0.4, -0.2) is 15.8 Å². The van der Waals surface area contributed by atoms with Gasteiger partial charge in [0.25, 0.3) is 0 Å². The molecule has 0 radical (unpaired) electrons. The average molecular weight is 182 g/mol. The minimum absolute atomic E-state index is 0.384. The molecule has 1 aromatic rings. The Hall–Kier alpha value is -1.19. The number of hydrogen-bond donors (Lipinski definition) is 2. The number of rotatable bonds is 4. The maximum atomic E-state index is 5.77. The van der Waals surface area contributed by atoms with E-state index in [1.807, 2.05) is 4.68 Å². The summed E-state index contributed by atoms with van der Waals surface area (Å²) in [7, 11) is 0. The lowest BCUT2D eigenvalue weighted by Gasteiger charge is -2.12. The molecule has 4 heteroatoms. The second-order valence-electron chi connectivity index (χ2n) is 3.47. The second-order valence-corrected chi connectivity index (χ2v) is 3.47. The van der Waals surface area contributed by atoms with E-state index in [1.54, 1.807) is 6.20 Å². The quantitative estimate of drug-likeness (QED) is 0.745. The van der Waals surface area contributed by atoms with Crippen molar-refractivity contribution in [2.75, 3.05) is 11.1 Å². The molecular weight excluding hydrogens is 164 g/mol. The summed E-state index contributed by atoms with van der Waals surface area (Å²) in [6.45, 7) is 7.20. The summed E-state index contributed by atoms with van der Waals surface area (Å²) >= 11 is 0. The van der Waals surface area contributed by atoms with Crippen molar-refractivity contribution in [3.8, 4) is 0 Å². The highest BCUT2D eigenvalue weighted by Crippen LogP contribution is 2.18. The smallest absolute Gasteiger partial charge is 0.147 e. The Morgan fingerprint density at radius 2 is 2.31 bits per heavy atom. The number of hydrogen-bond acceptors (Lipinski definition) is 3. The van der Waals surface area contributed by atoms with E-state index in [1.165, 1.54) is 0 Å². The number of nitrogens with zero attached hydrogens (tertiary/aromatic N) is 2. The van der Waals surface area contributed by atoms with E-state index in [4.69, 9.17) is 5.73 Å². The zero-order valence-electron chi connectivity index (χ0n) is 8.54. The number of aryl methyl sites for hydroxylation is 1. The molecule has 0 aromatic carbocycles.